The first-order chi connectivity index (χ1) is 15.2. The van der Waals surface area contributed by atoms with Crippen molar-refractivity contribution >= 4 is 17.3 Å². The minimum Gasteiger partial charge on any atom is -0.459 e. The summed E-state index contributed by atoms with van der Waals surface area (Å²) in [4.78, 5) is 16.9. The smallest absolute Gasteiger partial charge is 0.283 e. The van der Waals surface area contributed by atoms with Crippen LogP contribution < -0.4 is 10.2 Å². The van der Waals surface area contributed by atoms with E-state index in [0.717, 1.165) is 50.6 Å². The Balaban J connectivity index is 1.32. The van der Waals surface area contributed by atoms with E-state index in [9.17, 15) is 4.79 Å². The summed E-state index contributed by atoms with van der Waals surface area (Å²) in [5.74, 6) is 1.22. The summed E-state index contributed by atoms with van der Waals surface area (Å²) in [5, 5.41) is 11.1. The van der Waals surface area contributed by atoms with Crippen molar-refractivity contribution in [1.29, 1.82) is 0 Å². The van der Waals surface area contributed by atoms with Crippen LogP contribution >= 0.6 is 0 Å². The molecule has 0 atom stereocenters. The monoisotopic (exact) mass is 425 g/mol. The summed E-state index contributed by atoms with van der Waals surface area (Å²) >= 11 is 0. The van der Waals surface area contributed by atoms with Crippen LogP contribution in [0.4, 0.5) is 11.4 Å². The molecule has 1 amide bonds. The van der Waals surface area contributed by atoms with E-state index in [1.54, 1.807) is 18.4 Å². The number of carbonyl (C=O) groups excluding carboxylic acids is 1. The summed E-state index contributed by atoms with van der Waals surface area (Å²) in [7, 11) is 0. The van der Waals surface area contributed by atoms with Crippen LogP contribution in [0.1, 0.15) is 19.2 Å². The number of benzene rings is 1. The molecule has 3 heterocycles. The van der Waals surface area contributed by atoms with E-state index < -0.39 is 0 Å². The highest BCUT2D eigenvalue weighted by Gasteiger charge is 2.17. The third kappa shape index (κ3) is 5.71. The third-order valence-corrected chi connectivity index (χ3v) is 4.99. The molecule has 1 aliphatic rings. The van der Waals surface area contributed by atoms with Gasteiger partial charge in [-0.2, -0.15) is 0 Å². The first kappa shape index (κ1) is 21.1. The fourth-order valence-electron chi connectivity index (χ4n) is 3.52. The van der Waals surface area contributed by atoms with Crippen LogP contribution in [0.2, 0.25) is 0 Å². The molecule has 0 unspecified atom stereocenters. The van der Waals surface area contributed by atoms with Crippen molar-refractivity contribution in [2.45, 2.75) is 19.9 Å². The summed E-state index contributed by atoms with van der Waals surface area (Å²) in [6.07, 6.45) is 2.46. The van der Waals surface area contributed by atoms with Gasteiger partial charge in [0.05, 0.1) is 32.6 Å². The Morgan fingerprint density at radius 3 is 2.68 bits per heavy atom. The number of amides is 1. The zero-order chi connectivity index (χ0) is 21.5. The molecule has 3 aromatic rings. The van der Waals surface area contributed by atoms with Gasteiger partial charge in [0.1, 0.15) is 0 Å². The Bertz CT molecular complexity index is 949. The zero-order valence-corrected chi connectivity index (χ0v) is 17.6. The molecule has 4 rings (SSSR count). The minimum absolute atomic E-state index is 0.0849. The molecular formula is C22H27N5O4. The molecule has 0 bridgehead atoms. The number of ether oxygens (including phenoxy) is 1. The number of nitrogens with zero attached hydrogens (tertiary/aromatic N) is 4. The van der Waals surface area contributed by atoms with Crippen molar-refractivity contribution in [2.24, 2.45) is 0 Å². The van der Waals surface area contributed by atoms with Crippen LogP contribution in [-0.4, -0.2) is 60.4 Å². The number of hydrogen-bond donors (Lipinski definition) is 1. The number of carbonyl (C=O) groups is 1. The average molecular weight is 425 g/mol. The van der Waals surface area contributed by atoms with Crippen LogP contribution in [0.3, 0.4) is 0 Å². The standard InChI is InChI=1S/C22H27N5O4/c1-2-9-26(16-21-24-25-22(31-21)19-4-3-12-30-19)15-20(28)23-17-5-7-18(8-6-17)27-10-13-29-14-11-27/h3-8,12H,2,9-11,13-16H2,1H3,(H,23,28). The fraction of sp³-hybridized carbons (Fsp3) is 0.409. The second-order valence-electron chi connectivity index (χ2n) is 7.38. The van der Waals surface area contributed by atoms with Crippen molar-refractivity contribution < 1.29 is 18.4 Å². The van der Waals surface area contributed by atoms with Crippen molar-refractivity contribution in [3.8, 4) is 11.7 Å². The lowest BCUT2D eigenvalue weighted by Gasteiger charge is -2.29. The van der Waals surface area contributed by atoms with Crippen molar-refractivity contribution in [1.82, 2.24) is 15.1 Å². The third-order valence-electron chi connectivity index (χ3n) is 4.99. The molecule has 1 aliphatic heterocycles. The summed E-state index contributed by atoms with van der Waals surface area (Å²) < 4.78 is 16.3. The van der Waals surface area contributed by atoms with E-state index in [0.29, 0.717) is 24.1 Å². The Hall–Kier alpha value is -3.17. The maximum Gasteiger partial charge on any atom is 0.283 e. The molecular weight excluding hydrogens is 398 g/mol. The predicted molar refractivity (Wildman–Crippen MR) is 116 cm³/mol. The van der Waals surface area contributed by atoms with Crippen LogP contribution in [0.15, 0.2) is 51.5 Å². The average Bonchev–Trinajstić information content (AvgIpc) is 3.47. The van der Waals surface area contributed by atoms with Gasteiger partial charge in [0.25, 0.3) is 5.89 Å². The molecule has 0 saturated carbocycles. The SMILES string of the molecule is CCCN(CC(=O)Nc1ccc(N2CCOCC2)cc1)Cc1nnc(-c2ccco2)o1. The van der Waals surface area contributed by atoms with Crippen LogP contribution in [-0.2, 0) is 16.1 Å². The van der Waals surface area contributed by atoms with Gasteiger partial charge in [0.15, 0.2) is 5.76 Å². The molecule has 0 aliphatic carbocycles. The van der Waals surface area contributed by atoms with E-state index in [2.05, 4.69) is 27.3 Å². The second kappa shape index (κ2) is 10.2. The van der Waals surface area contributed by atoms with E-state index in [1.807, 2.05) is 29.2 Å². The van der Waals surface area contributed by atoms with Crippen LogP contribution in [0, 0.1) is 0 Å². The molecule has 1 aromatic carbocycles. The summed E-state index contributed by atoms with van der Waals surface area (Å²) in [6, 6.07) is 11.4. The van der Waals surface area contributed by atoms with Gasteiger partial charge in [-0.3, -0.25) is 9.69 Å². The van der Waals surface area contributed by atoms with Crippen molar-refractivity contribution in [3.63, 3.8) is 0 Å². The highest BCUT2D eigenvalue weighted by atomic mass is 16.5. The van der Waals surface area contributed by atoms with Gasteiger partial charge in [-0.05, 0) is 49.4 Å². The first-order valence-corrected chi connectivity index (χ1v) is 10.5. The van der Waals surface area contributed by atoms with E-state index in [4.69, 9.17) is 13.6 Å². The van der Waals surface area contributed by atoms with Gasteiger partial charge in [-0.25, -0.2) is 0 Å². The molecule has 0 spiro atoms. The largest absolute Gasteiger partial charge is 0.459 e. The normalized spacial score (nSPS) is 14.2. The number of rotatable bonds is 9. The van der Waals surface area contributed by atoms with Crippen LogP contribution in [0.25, 0.3) is 11.7 Å². The Kier molecular flexibility index (Phi) is 6.96. The van der Waals surface area contributed by atoms with Gasteiger partial charge in [-0.15, -0.1) is 10.2 Å². The number of morpholine rings is 1. The lowest BCUT2D eigenvalue weighted by atomic mass is 10.2. The molecule has 9 nitrogen and oxygen atoms in total. The molecule has 9 heteroatoms. The Morgan fingerprint density at radius 1 is 1.16 bits per heavy atom. The molecule has 31 heavy (non-hydrogen) atoms. The number of hydrogen-bond acceptors (Lipinski definition) is 8. The lowest BCUT2D eigenvalue weighted by molar-refractivity contribution is -0.117. The molecule has 1 saturated heterocycles. The molecule has 0 radical (unpaired) electrons. The van der Waals surface area contributed by atoms with Gasteiger partial charge >= 0.3 is 0 Å². The maximum atomic E-state index is 12.6. The highest BCUT2D eigenvalue weighted by molar-refractivity contribution is 5.92. The highest BCUT2D eigenvalue weighted by Crippen LogP contribution is 2.20. The molecule has 2 aromatic heterocycles. The second-order valence-corrected chi connectivity index (χ2v) is 7.38. The topological polar surface area (TPSA) is 96.9 Å². The van der Waals surface area contributed by atoms with Crippen molar-refractivity contribution in [2.75, 3.05) is 49.6 Å². The van der Waals surface area contributed by atoms with Gasteiger partial charge in [0, 0.05) is 24.5 Å². The summed E-state index contributed by atoms with van der Waals surface area (Å²) in [5.41, 5.74) is 1.91. The molecule has 1 N–H and O–H groups in total. The maximum absolute atomic E-state index is 12.6. The number of nitrogens with one attached hydrogen (secondary N) is 1. The quantitative estimate of drug-likeness (QED) is 0.559. The first-order valence-electron chi connectivity index (χ1n) is 10.5. The predicted octanol–water partition coefficient (Wildman–Crippen LogP) is 3.02. The molecule has 164 valence electrons. The number of aromatic nitrogens is 2. The Morgan fingerprint density at radius 2 is 1.97 bits per heavy atom. The Labute approximate surface area is 181 Å². The fourth-order valence-corrected chi connectivity index (χ4v) is 3.52. The minimum atomic E-state index is -0.0849. The van der Waals surface area contributed by atoms with E-state index in [1.165, 1.54) is 0 Å². The van der Waals surface area contributed by atoms with Gasteiger partial charge < -0.3 is 23.8 Å². The number of anilines is 2. The van der Waals surface area contributed by atoms with Gasteiger partial charge in [-0.1, -0.05) is 6.92 Å². The zero-order valence-electron chi connectivity index (χ0n) is 17.6. The van der Waals surface area contributed by atoms with Crippen LogP contribution in [0.5, 0.6) is 0 Å². The van der Waals surface area contributed by atoms with Gasteiger partial charge in [0.2, 0.25) is 11.8 Å². The molecule has 1 fully saturated rings. The van der Waals surface area contributed by atoms with Crippen molar-refractivity contribution in [3.05, 3.63) is 48.6 Å². The number of furan rings is 1. The lowest BCUT2D eigenvalue weighted by Crippen LogP contribution is -2.36. The summed E-state index contributed by atoms with van der Waals surface area (Å²) in [6.45, 7) is 6.69. The van der Waals surface area contributed by atoms with E-state index in [-0.39, 0.29) is 12.5 Å². The van der Waals surface area contributed by atoms with E-state index >= 15 is 0 Å².